The van der Waals surface area contributed by atoms with Gasteiger partial charge in [0.2, 0.25) is 0 Å². The molecule has 0 radical (unpaired) electrons. The van der Waals surface area contributed by atoms with E-state index in [-0.39, 0.29) is 5.70 Å². The average Bonchev–Trinajstić information content (AvgIpc) is 2.88. The molecule has 6 nitrogen and oxygen atoms in total. The number of carbonyl (C=O) groups excluding carboxylic acids is 2. The second kappa shape index (κ2) is 12.7. The minimum atomic E-state index is -0.583. The normalized spacial score (nSPS) is 11.7. The fraction of sp³-hybridized carbons (Fsp3) is 0.148. The van der Waals surface area contributed by atoms with E-state index < -0.39 is 11.8 Å². The van der Waals surface area contributed by atoms with Gasteiger partial charge in [0.05, 0.1) is 22.4 Å². The van der Waals surface area contributed by atoms with Crippen molar-refractivity contribution >= 4 is 46.8 Å². The van der Waals surface area contributed by atoms with Crippen LogP contribution in [0, 0.1) is 0 Å². The number of amides is 2. The topological polar surface area (TPSA) is 79.8 Å². The van der Waals surface area contributed by atoms with Crippen molar-refractivity contribution in [3.05, 3.63) is 105 Å². The van der Waals surface area contributed by atoms with Crippen LogP contribution < -0.4 is 15.5 Å². The lowest BCUT2D eigenvalue weighted by molar-refractivity contribution is -0.117. The van der Waals surface area contributed by atoms with E-state index in [1.807, 2.05) is 25.1 Å². The van der Waals surface area contributed by atoms with Gasteiger partial charge in [-0.3, -0.25) is 9.59 Å². The maximum absolute atomic E-state index is 13.0. The van der Waals surface area contributed by atoms with Crippen LogP contribution in [-0.4, -0.2) is 24.1 Å². The fourth-order valence-electron chi connectivity index (χ4n) is 2.97. The molecule has 35 heavy (non-hydrogen) atoms. The number of hydrazone groups is 1. The summed E-state index contributed by atoms with van der Waals surface area (Å²) in [6, 6.07) is 20.9. The zero-order chi connectivity index (χ0) is 25.2. The number of carbonyl (C=O) groups is 2. The van der Waals surface area contributed by atoms with Crippen molar-refractivity contribution in [2.24, 2.45) is 5.10 Å². The van der Waals surface area contributed by atoms with Gasteiger partial charge in [0, 0.05) is 5.56 Å². The lowest BCUT2D eigenvalue weighted by atomic mass is 10.1. The molecule has 0 fully saturated rings. The molecule has 0 saturated heterocycles. The van der Waals surface area contributed by atoms with E-state index in [0.29, 0.717) is 39.1 Å². The summed E-state index contributed by atoms with van der Waals surface area (Å²) in [6.07, 6.45) is 2.48. The van der Waals surface area contributed by atoms with Gasteiger partial charge in [0.1, 0.15) is 11.4 Å². The molecule has 3 aromatic carbocycles. The van der Waals surface area contributed by atoms with Gasteiger partial charge in [-0.15, -0.1) is 0 Å². The Labute approximate surface area is 214 Å². The van der Waals surface area contributed by atoms with Gasteiger partial charge >= 0.3 is 0 Å². The predicted octanol–water partition coefficient (Wildman–Crippen LogP) is 6.09. The summed E-state index contributed by atoms with van der Waals surface area (Å²) >= 11 is 12.0. The van der Waals surface area contributed by atoms with Gasteiger partial charge in [-0.05, 0) is 66.9 Å². The van der Waals surface area contributed by atoms with Crippen molar-refractivity contribution in [1.29, 1.82) is 0 Å². The van der Waals surface area contributed by atoms with Crippen LogP contribution in [-0.2, 0) is 4.79 Å². The van der Waals surface area contributed by atoms with E-state index in [1.165, 1.54) is 0 Å². The van der Waals surface area contributed by atoms with Crippen molar-refractivity contribution < 1.29 is 14.3 Å². The first-order chi connectivity index (χ1) is 16.9. The second-order valence-electron chi connectivity index (χ2n) is 7.56. The first-order valence-electron chi connectivity index (χ1n) is 11.0. The highest BCUT2D eigenvalue weighted by atomic mass is 35.5. The Morgan fingerprint density at radius 3 is 2.31 bits per heavy atom. The molecule has 0 aliphatic carbocycles. The standard InChI is InChI=1S/C27H25Cl2N3O3/c1-3-15-35-22-12-9-19(10-13-22)16-25(30-26(33)20-7-5-4-6-8-20)27(34)32-31-18(2)21-11-14-23(28)24(29)17-21/h4-14,16-17H,3,15H2,1-2H3,(H,30,33)(H,32,34)/b25-16-,31-18-. The summed E-state index contributed by atoms with van der Waals surface area (Å²) in [5.74, 6) is -0.273. The van der Waals surface area contributed by atoms with Gasteiger partial charge in [0.25, 0.3) is 11.8 Å². The largest absolute Gasteiger partial charge is 0.494 e. The number of halogens is 2. The molecule has 3 rings (SSSR count). The van der Waals surface area contributed by atoms with Crippen LogP contribution in [0.25, 0.3) is 6.08 Å². The van der Waals surface area contributed by atoms with Crippen LogP contribution in [0.2, 0.25) is 10.0 Å². The summed E-state index contributed by atoms with van der Waals surface area (Å²) < 4.78 is 5.60. The first-order valence-corrected chi connectivity index (χ1v) is 11.7. The van der Waals surface area contributed by atoms with Crippen molar-refractivity contribution in [2.75, 3.05) is 6.61 Å². The third-order valence-corrected chi connectivity index (χ3v) is 5.59. The number of nitrogens with one attached hydrogen (secondary N) is 2. The highest BCUT2D eigenvalue weighted by Crippen LogP contribution is 2.23. The van der Waals surface area contributed by atoms with E-state index in [0.717, 1.165) is 12.2 Å². The highest BCUT2D eigenvalue weighted by Gasteiger charge is 2.15. The zero-order valence-corrected chi connectivity index (χ0v) is 20.9. The van der Waals surface area contributed by atoms with Gasteiger partial charge in [-0.25, -0.2) is 5.43 Å². The minimum absolute atomic E-state index is 0.0340. The molecule has 2 N–H and O–H groups in total. The lowest BCUT2D eigenvalue weighted by Gasteiger charge is -2.10. The maximum atomic E-state index is 13.0. The molecule has 0 aliphatic heterocycles. The number of rotatable bonds is 9. The maximum Gasteiger partial charge on any atom is 0.287 e. The van der Waals surface area contributed by atoms with E-state index >= 15 is 0 Å². The monoisotopic (exact) mass is 509 g/mol. The molecule has 180 valence electrons. The molecule has 8 heteroatoms. The molecule has 0 aromatic heterocycles. The molecule has 0 atom stereocenters. The van der Waals surface area contributed by atoms with Gasteiger partial charge < -0.3 is 10.1 Å². The van der Waals surface area contributed by atoms with Crippen LogP contribution in [0.15, 0.2) is 83.6 Å². The number of ether oxygens (including phenoxy) is 1. The Balaban J connectivity index is 1.83. The van der Waals surface area contributed by atoms with Gasteiger partial charge in [-0.2, -0.15) is 5.10 Å². The summed E-state index contributed by atoms with van der Waals surface area (Å²) in [4.78, 5) is 25.7. The molecular weight excluding hydrogens is 485 g/mol. The molecule has 2 amide bonds. The van der Waals surface area contributed by atoms with Gasteiger partial charge in [-0.1, -0.05) is 66.5 Å². The van der Waals surface area contributed by atoms with Crippen LogP contribution >= 0.6 is 23.2 Å². The van der Waals surface area contributed by atoms with Crippen LogP contribution in [0.3, 0.4) is 0 Å². The van der Waals surface area contributed by atoms with Crippen molar-refractivity contribution in [3.8, 4) is 5.75 Å². The first kappa shape index (κ1) is 26.0. The molecule has 0 spiro atoms. The summed E-state index contributed by atoms with van der Waals surface area (Å²) in [7, 11) is 0. The number of hydrogen-bond acceptors (Lipinski definition) is 4. The quantitative estimate of drug-likeness (QED) is 0.208. The van der Waals surface area contributed by atoms with Crippen LogP contribution in [0.1, 0.15) is 41.8 Å². The van der Waals surface area contributed by atoms with E-state index in [9.17, 15) is 9.59 Å². The third-order valence-electron chi connectivity index (χ3n) is 4.86. The Bertz CT molecular complexity index is 1240. The second-order valence-corrected chi connectivity index (χ2v) is 8.38. The smallest absolute Gasteiger partial charge is 0.287 e. The molecule has 0 unspecified atom stereocenters. The Morgan fingerprint density at radius 2 is 1.66 bits per heavy atom. The molecule has 0 bridgehead atoms. The zero-order valence-electron chi connectivity index (χ0n) is 19.3. The minimum Gasteiger partial charge on any atom is -0.494 e. The van der Waals surface area contributed by atoms with E-state index in [2.05, 4.69) is 15.8 Å². The molecular formula is C27H25Cl2N3O3. The average molecular weight is 510 g/mol. The lowest BCUT2D eigenvalue weighted by Crippen LogP contribution is -2.33. The SMILES string of the molecule is CCCOc1ccc(/C=C(\NC(=O)c2ccccc2)C(=O)N/N=C(/C)c2ccc(Cl)c(Cl)c2)cc1. The number of nitrogens with zero attached hydrogens (tertiary/aromatic N) is 1. The van der Waals surface area contributed by atoms with Crippen LogP contribution in [0.4, 0.5) is 0 Å². The van der Waals surface area contributed by atoms with E-state index in [4.69, 9.17) is 27.9 Å². The molecule has 0 saturated carbocycles. The molecule has 0 aliphatic rings. The Morgan fingerprint density at radius 1 is 0.943 bits per heavy atom. The summed E-state index contributed by atoms with van der Waals surface area (Å²) in [5.41, 5.74) is 4.87. The predicted molar refractivity (Wildman–Crippen MR) is 141 cm³/mol. The van der Waals surface area contributed by atoms with Crippen molar-refractivity contribution in [3.63, 3.8) is 0 Å². The van der Waals surface area contributed by atoms with Gasteiger partial charge in [0.15, 0.2) is 0 Å². The van der Waals surface area contributed by atoms with E-state index in [1.54, 1.807) is 67.6 Å². The highest BCUT2D eigenvalue weighted by molar-refractivity contribution is 6.42. The fourth-order valence-corrected chi connectivity index (χ4v) is 3.27. The van der Waals surface area contributed by atoms with Crippen molar-refractivity contribution in [2.45, 2.75) is 20.3 Å². The number of hydrogen-bond donors (Lipinski definition) is 2. The van der Waals surface area contributed by atoms with Crippen molar-refractivity contribution in [1.82, 2.24) is 10.7 Å². The Hall–Kier alpha value is -3.61. The summed E-state index contributed by atoms with van der Waals surface area (Å²) in [6.45, 7) is 4.37. The van der Waals surface area contributed by atoms with Crippen LogP contribution in [0.5, 0.6) is 5.75 Å². The number of benzene rings is 3. The Kier molecular flexibility index (Phi) is 9.47. The molecule has 0 heterocycles. The third kappa shape index (κ3) is 7.70. The summed E-state index contributed by atoms with van der Waals surface area (Å²) in [5, 5.41) is 7.65. The molecule has 3 aromatic rings.